The molecule has 5 nitrogen and oxygen atoms in total. The van der Waals surface area contributed by atoms with Gasteiger partial charge in [0.25, 0.3) is 12.0 Å². The molecule has 3 atom stereocenters. The number of carbonyl (C=O) groups is 2. The van der Waals surface area contributed by atoms with E-state index >= 15 is 0 Å². The molecule has 1 aromatic rings. The summed E-state index contributed by atoms with van der Waals surface area (Å²) in [7, 11) is -1.82. The minimum Gasteiger partial charge on any atom is -0.498 e. The molecule has 3 rings (SSSR count). The third-order valence-corrected chi connectivity index (χ3v) is 9.31. The SMILES string of the molecule is CC(C)(C)[N+]1(C(=O)[O-])C[Si](C)(C)CC1C(=O)N[C@@H]1CCCc2ccccc21. The van der Waals surface area contributed by atoms with Gasteiger partial charge in [0.2, 0.25) is 0 Å². The number of carboxylic acid groups (broad SMARTS) is 1. The first-order chi connectivity index (χ1) is 12.5. The number of hydrogen-bond acceptors (Lipinski definition) is 3. The average Bonchev–Trinajstić information content (AvgIpc) is 2.88. The van der Waals surface area contributed by atoms with E-state index in [2.05, 4.69) is 30.5 Å². The lowest BCUT2D eigenvalue weighted by molar-refractivity contribution is -0.917. The van der Waals surface area contributed by atoms with Gasteiger partial charge in [0, 0.05) is 6.04 Å². The van der Waals surface area contributed by atoms with Gasteiger partial charge in [-0.05, 0) is 51.2 Å². The van der Waals surface area contributed by atoms with Crippen molar-refractivity contribution in [3.05, 3.63) is 35.4 Å². The first kappa shape index (κ1) is 20.1. The molecule has 1 fully saturated rings. The molecule has 1 N–H and O–H groups in total. The standard InChI is InChI=1S/C21H32N2O3Si/c1-21(2,3)23(20(25)26)14-27(4,5)13-18(23)19(24)22-17-12-8-10-15-9-6-7-11-16(15)17/h6-7,9,11,17-18H,8,10,12-14H2,1-5H3,(H-,22,24,25,26)/t17-,18?,23?/m1/s1. The molecular formula is C21H32N2O3Si. The van der Waals surface area contributed by atoms with Crippen molar-refractivity contribution in [1.29, 1.82) is 0 Å². The maximum atomic E-state index is 13.4. The molecule has 1 aromatic carbocycles. The lowest BCUT2D eigenvalue weighted by atomic mass is 9.87. The molecule has 2 unspecified atom stereocenters. The number of carbonyl (C=O) groups excluding carboxylic acids is 2. The van der Waals surface area contributed by atoms with E-state index in [9.17, 15) is 14.7 Å². The number of fused-ring (bicyclic) bond motifs is 1. The Morgan fingerprint density at radius 3 is 2.52 bits per heavy atom. The monoisotopic (exact) mass is 388 g/mol. The van der Waals surface area contributed by atoms with Crippen LogP contribution < -0.4 is 10.4 Å². The van der Waals surface area contributed by atoms with E-state index in [1.54, 1.807) is 0 Å². The zero-order valence-corrected chi connectivity index (χ0v) is 18.2. The molecule has 0 radical (unpaired) electrons. The Morgan fingerprint density at radius 1 is 1.22 bits per heavy atom. The predicted molar refractivity (Wildman–Crippen MR) is 107 cm³/mol. The summed E-state index contributed by atoms with van der Waals surface area (Å²) in [5, 5.41) is 15.6. The van der Waals surface area contributed by atoms with Gasteiger partial charge in [0.1, 0.15) is 8.07 Å². The van der Waals surface area contributed by atoms with Crippen LogP contribution in [0, 0.1) is 0 Å². The normalized spacial score (nSPS) is 29.8. The molecule has 1 heterocycles. The topological polar surface area (TPSA) is 69.2 Å². The van der Waals surface area contributed by atoms with E-state index in [0.717, 1.165) is 19.3 Å². The van der Waals surface area contributed by atoms with E-state index in [-0.39, 0.29) is 16.4 Å². The van der Waals surface area contributed by atoms with Crippen molar-refractivity contribution >= 4 is 20.1 Å². The van der Waals surface area contributed by atoms with Crippen LogP contribution in [0.3, 0.4) is 0 Å². The van der Waals surface area contributed by atoms with Gasteiger partial charge in [-0.1, -0.05) is 37.4 Å². The zero-order valence-electron chi connectivity index (χ0n) is 17.2. The van der Waals surface area contributed by atoms with Gasteiger partial charge in [0.05, 0.1) is 17.7 Å². The predicted octanol–water partition coefficient (Wildman–Crippen LogP) is 2.77. The summed E-state index contributed by atoms with van der Waals surface area (Å²) in [6, 6.07) is 8.31. The number of nitrogens with one attached hydrogen (secondary N) is 1. The summed E-state index contributed by atoms with van der Waals surface area (Å²) in [5.41, 5.74) is 1.87. The number of quaternary nitrogens is 1. The van der Waals surface area contributed by atoms with Crippen LogP contribution in [0.25, 0.3) is 0 Å². The van der Waals surface area contributed by atoms with E-state index in [1.165, 1.54) is 11.1 Å². The quantitative estimate of drug-likeness (QED) is 0.626. The van der Waals surface area contributed by atoms with Crippen LogP contribution in [0.4, 0.5) is 4.79 Å². The molecule has 2 aliphatic rings. The van der Waals surface area contributed by atoms with Crippen LogP contribution in [0.5, 0.6) is 0 Å². The van der Waals surface area contributed by atoms with Crippen molar-refractivity contribution < 1.29 is 19.2 Å². The molecular weight excluding hydrogens is 356 g/mol. The molecule has 1 saturated heterocycles. The molecule has 1 aliphatic carbocycles. The van der Waals surface area contributed by atoms with Crippen LogP contribution in [-0.2, 0) is 11.2 Å². The fourth-order valence-electron chi connectivity index (χ4n) is 5.16. The maximum absolute atomic E-state index is 13.4. The molecule has 0 saturated carbocycles. The van der Waals surface area contributed by atoms with Crippen molar-refractivity contribution in [2.45, 2.75) is 76.8 Å². The Hall–Kier alpha value is -1.66. The fourth-order valence-corrected chi connectivity index (χ4v) is 9.01. The minimum absolute atomic E-state index is 0.0311. The lowest BCUT2D eigenvalue weighted by Gasteiger charge is -2.49. The summed E-state index contributed by atoms with van der Waals surface area (Å²) >= 11 is 0. The van der Waals surface area contributed by atoms with Gasteiger partial charge in [-0.2, -0.15) is 0 Å². The van der Waals surface area contributed by atoms with Crippen molar-refractivity contribution in [3.63, 3.8) is 0 Å². The average molecular weight is 389 g/mol. The molecule has 1 aliphatic heterocycles. The van der Waals surface area contributed by atoms with Gasteiger partial charge in [-0.25, -0.2) is 0 Å². The molecule has 148 valence electrons. The van der Waals surface area contributed by atoms with Crippen LogP contribution >= 0.6 is 0 Å². The molecule has 0 bridgehead atoms. The highest BCUT2D eigenvalue weighted by atomic mass is 28.3. The second-order valence-electron chi connectivity index (χ2n) is 10.00. The molecule has 0 aromatic heterocycles. The number of aryl methyl sites for hydroxylation is 1. The van der Waals surface area contributed by atoms with Gasteiger partial charge in [-0.3, -0.25) is 9.28 Å². The molecule has 27 heavy (non-hydrogen) atoms. The largest absolute Gasteiger partial charge is 0.498 e. The Balaban J connectivity index is 1.92. The smallest absolute Gasteiger partial charge is 0.279 e. The van der Waals surface area contributed by atoms with Crippen LogP contribution in [0.15, 0.2) is 24.3 Å². The van der Waals surface area contributed by atoms with Crippen molar-refractivity contribution in [3.8, 4) is 0 Å². The first-order valence-corrected chi connectivity index (χ1v) is 13.4. The van der Waals surface area contributed by atoms with E-state index in [0.29, 0.717) is 12.2 Å². The lowest BCUT2D eigenvalue weighted by Crippen LogP contribution is -2.73. The number of hydrogen-bond donors (Lipinski definition) is 1. The highest BCUT2D eigenvalue weighted by Gasteiger charge is 2.61. The maximum Gasteiger partial charge on any atom is 0.279 e. The van der Waals surface area contributed by atoms with Crippen LogP contribution in [0.2, 0.25) is 19.1 Å². The third kappa shape index (κ3) is 3.45. The van der Waals surface area contributed by atoms with Crippen molar-refractivity contribution in [2.24, 2.45) is 0 Å². The molecule has 6 heteroatoms. The van der Waals surface area contributed by atoms with E-state index in [4.69, 9.17) is 0 Å². The van der Waals surface area contributed by atoms with Crippen LogP contribution in [-0.4, -0.2) is 42.3 Å². The Morgan fingerprint density at radius 2 is 1.89 bits per heavy atom. The summed E-state index contributed by atoms with van der Waals surface area (Å²) in [4.78, 5) is 25.7. The fraction of sp³-hybridized carbons (Fsp3) is 0.619. The summed E-state index contributed by atoms with van der Waals surface area (Å²) in [5.74, 6) is -0.131. The highest BCUT2D eigenvalue weighted by Crippen LogP contribution is 2.41. The van der Waals surface area contributed by atoms with Crippen LogP contribution in [0.1, 0.15) is 50.8 Å². The Labute approximate surface area is 163 Å². The van der Waals surface area contributed by atoms with E-state index < -0.39 is 25.7 Å². The minimum atomic E-state index is -1.82. The highest BCUT2D eigenvalue weighted by molar-refractivity contribution is 6.78. The summed E-state index contributed by atoms with van der Waals surface area (Å²) in [6.45, 7) is 10.1. The summed E-state index contributed by atoms with van der Waals surface area (Å²) in [6.07, 6.45) is 2.39. The summed E-state index contributed by atoms with van der Waals surface area (Å²) < 4.78 is -0.258. The van der Waals surface area contributed by atoms with Gasteiger partial charge in [-0.15, -0.1) is 0 Å². The van der Waals surface area contributed by atoms with E-state index in [1.807, 2.05) is 32.9 Å². The molecule has 2 amide bonds. The number of rotatable bonds is 2. The zero-order chi connectivity index (χ0) is 20.0. The number of benzene rings is 1. The first-order valence-electron chi connectivity index (χ1n) is 9.95. The second kappa shape index (κ2) is 6.74. The Bertz CT molecular complexity index is 756. The van der Waals surface area contributed by atoms with Gasteiger partial charge >= 0.3 is 0 Å². The molecule has 0 spiro atoms. The van der Waals surface area contributed by atoms with Gasteiger partial charge in [0.15, 0.2) is 6.04 Å². The van der Waals surface area contributed by atoms with Crippen molar-refractivity contribution in [1.82, 2.24) is 5.32 Å². The second-order valence-corrected chi connectivity index (χ2v) is 15.1. The van der Waals surface area contributed by atoms with Gasteiger partial charge < -0.3 is 15.2 Å². The number of nitrogens with zero attached hydrogens (tertiary/aromatic N) is 1. The Kier molecular flexibility index (Phi) is 5.01. The number of amides is 2. The van der Waals surface area contributed by atoms with Crippen molar-refractivity contribution in [2.75, 3.05) is 6.17 Å². The third-order valence-electron chi connectivity index (χ3n) is 6.47.